The Morgan fingerprint density at radius 1 is 1.06 bits per heavy atom. The topological polar surface area (TPSA) is 12.0 Å². The molecule has 1 nitrogen and oxygen atoms in total. The van der Waals surface area contributed by atoms with Gasteiger partial charge in [0.15, 0.2) is 0 Å². The molecule has 0 aliphatic rings. The number of hydrogen-bond acceptors (Lipinski definition) is 1. The fraction of sp³-hybridized carbons (Fsp3) is 0.200. The van der Waals surface area contributed by atoms with E-state index in [0.717, 1.165) is 25.1 Å². The van der Waals surface area contributed by atoms with Gasteiger partial charge in [-0.05, 0) is 30.2 Å². The van der Waals surface area contributed by atoms with Crippen molar-refractivity contribution in [3.8, 4) is 0 Å². The average Bonchev–Trinajstić information content (AvgIpc) is 2.36. The Labute approximate surface area is 101 Å². The standard InChI is InChI=1S/C15H15FN/c16-15-8-4-7-13(11-15)9-10-17-12-14-5-2-1-3-6-14/h1-7,11,17H,9-10,12H2. The van der Waals surface area contributed by atoms with Crippen LogP contribution in [0.1, 0.15) is 11.1 Å². The Bertz CT molecular complexity index is 453. The second-order valence-electron chi connectivity index (χ2n) is 3.96. The predicted molar refractivity (Wildman–Crippen MR) is 67.1 cm³/mol. The maximum atomic E-state index is 12.9. The van der Waals surface area contributed by atoms with Crippen LogP contribution in [0, 0.1) is 11.9 Å². The highest BCUT2D eigenvalue weighted by Gasteiger charge is 1.96. The molecule has 2 aromatic rings. The van der Waals surface area contributed by atoms with Crippen LogP contribution < -0.4 is 5.32 Å². The summed E-state index contributed by atoms with van der Waals surface area (Å²) in [5.74, 6) is -0.287. The van der Waals surface area contributed by atoms with Crippen molar-refractivity contribution in [1.82, 2.24) is 5.32 Å². The minimum absolute atomic E-state index is 0.287. The third-order valence-electron chi connectivity index (χ3n) is 2.59. The molecular formula is C15H15FN. The molecule has 0 aromatic heterocycles. The number of hydrogen-bond donors (Lipinski definition) is 1. The van der Waals surface area contributed by atoms with Crippen molar-refractivity contribution in [1.29, 1.82) is 0 Å². The molecule has 87 valence electrons. The molecule has 0 bridgehead atoms. The summed E-state index contributed by atoms with van der Waals surface area (Å²) in [6, 6.07) is 17.8. The normalized spacial score (nSPS) is 10.4. The molecule has 0 spiro atoms. The van der Waals surface area contributed by atoms with Gasteiger partial charge in [-0.2, -0.15) is 0 Å². The molecule has 2 aromatic carbocycles. The molecule has 0 saturated carbocycles. The van der Waals surface area contributed by atoms with Crippen molar-refractivity contribution in [3.63, 3.8) is 0 Å². The lowest BCUT2D eigenvalue weighted by atomic mass is 10.1. The zero-order valence-corrected chi connectivity index (χ0v) is 9.62. The molecule has 1 radical (unpaired) electrons. The molecule has 0 aliphatic carbocycles. The van der Waals surface area contributed by atoms with Gasteiger partial charge in [0.05, 0.1) is 0 Å². The summed E-state index contributed by atoms with van der Waals surface area (Å²) in [6.07, 6.45) is 0.832. The molecule has 0 unspecified atom stereocenters. The number of halogens is 1. The van der Waals surface area contributed by atoms with Crippen LogP contribution in [0.3, 0.4) is 0 Å². The highest BCUT2D eigenvalue weighted by molar-refractivity contribution is 5.16. The second-order valence-corrected chi connectivity index (χ2v) is 3.96. The van der Waals surface area contributed by atoms with Crippen LogP contribution in [-0.4, -0.2) is 6.54 Å². The van der Waals surface area contributed by atoms with Crippen LogP contribution in [-0.2, 0) is 13.0 Å². The Kier molecular flexibility index (Phi) is 4.28. The van der Waals surface area contributed by atoms with Crippen LogP contribution in [0.5, 0.6) is 0 Å². The van der Waals surface area contributed by atoms with E-state index in [2.05, 4.69) is 23.5 Å². The van der Waals surface area contributed by atoms with Crippen molar-refractivity contribution >= 4 is 0 Å². The summed E-state index contributed by atoms with van der Waals surface area (Å²) < 4.78 is 12.9. The maximum absolute atomic E-state index is 12.9. The van der Waals surface area contributed by atoms with Crippen LogP contribution in [0.15, 0.2) is 48.5 Å². The third-order valence-corrected chi connectivity index (χ3v) is 2.59. The van der Waals surface area contributed by atoms with Gasteiger partial charge in [-0.3, -0.25) is 0 Å². The van der Waals surface area contributed by atoms with E-state index in [-0.39, 0.29) is 5.82 Å². The lowest BCUT2D eigenvalue weighted by molar-refractivity contribution is 0.620. The van der Waals surface area contributed by atoms with Gasteiger partial charge in [0.1, 0.15) is 5.82 Å². The number of rotatable bonds is 5. The quantitative estimate of drug-likeness (QED) is 0.776. The molecule has 0 atom stereocenters. The van der Waals surface area contributed by atoms with Crippen molar-refractivity contribution in [2.75, 3.05) is 6.54 Å². The third kappa shape index (κ3) is 4.00. The van der Waals surface area contributed by atoms with E-state index in [1.54, 1.807) is 6.07 Å². The van der Waals surface area contributed by atoms with Crippen molar-refractivity contribution in [2.45, 2.75) is 13.0 Å². The van der Waals surface area contributed by atoms with Crippen LogP contribution in [0.2, 0.25) is 0 Å². The van der Waals surface area contributed by atoms with E-state index in [1.165, 1.54) is 11.6 Å². The monoisotopic (exact) mass is 228 g/mol. The van der Waals surface area contributed by atoms with E-state index in [4.69, 9.17) is 0 Å². The van der Waals surface area contributed by atoms with E-state index in [1.807, 2.05) is 24.3 Å². The van der Waals surface area contributed by atoms with E-state index in [0.29, 0.717) is 0 Å². The van der Waals surface area contributed by atoms with Gasteiger partial charge in [0.2, 0.25) is 0 Å². The lowest BCUT2D eigenvalue weighted by Gasteiger charge is -2.05. The van der Waals surface area contributed by atoms with E-state index >= 15 is 0 Å². The van der Waals surface area contributed by atoms with E-state index in [9.17, 15) is 4.39 Å². The highest BCUT2D eigenvalue weighted by Crippen LogP contribution is 2.03. The Hall–Kier alpha value is -1.67. The van der Waals surface area contributed by atoms with Gasteiger partial charge in [0.25, 0.3) is 0 Å². The fourth-order valence-electron chi connectivity index (χ4n) is 1.70. The SMILES string of the molecule is Fc1[c]ccc(CCNCc2ccccc2)c1. The Morgan fingerprint density at radius 2 is 1.88 bits per heavy atom. The average molecular weight is 228 g/mol. The van der Waals surface area contributed by atoms with E-state index < -0.39 is 0 Å². The van der Waals surface area contributed by atoms with Crippen molar-refractivity contribution in [3.05, 3.63) is 71.5 Å². The summed E-state index contributed by atoms with van der Waals surface area (Å²) in [5, 5.41) is 3.34. The Morgan fingerprint density at radius 3 is 2.65 bits per heavy atom. The first-order valence-corrected chi connectivity index (χ1v) is 5.75. The summed E-state index contributed by atoms with van der Waals surface area (Å²) in [4.78, 5) is 0. The first-order valence-electron chi connectivity index (χ1n) is 5.75. The molecule has 0 aliphatic heterocycles. The van der Waals surface area contributed by atoms with Gasteiger partial charge in [-0.25, -0.2) is 4.39 Å². The first kappa shape index (κ1) is 11.8. The molecule has 1 N–H and O–H groups in total. The van der Waals surface area contributed by atoms with Crippen molar-refractivity contribution < 1.29 is 4.39 Å². The van der Waals surface area contributed by atoms with Crippen LogP contribution in [0.4, 0.5) is 4.39 Å². The molecule has 0 heterocycles. The minimum atomic E-state index is -0.287. The maximum Gasteiger partial charge on any atom is 0.131 e. The zero-order valence-electron chi connectivity index (χ0n) is 9.62. The molecule has 2 rings (SSSR count). The summed E-state index contributed by atoms with van der Waals surface area (Å²) in [7, 11) is 0. The first-order chi connectivity index (χ1) is 8.34. The smallest absolute Gasteiger partial charge is 0.131 e. The molecule has 17 heavy (non-hydrogen) atoms. The van der Waals surface area contributed by atoms with Gasteiger partial charge >= 0.3 is 0 Å². The van der Waals surface area contributed by atoms with Crippen LogP contribution >= 0.6 is 0 Å². The number of benzene rings is 2. The van der Waals surface area contributed by atoms with Gasteiger partial charge in [-0.1, -0.05) is 42.5 Å². The lowest BCUT2D eigenvalue weighted by Crippen LogP contribution is -2.16. The highest BCUT2D eigenvalue weighted by atomic mass is 19.1. The number of nitrogens with one attached hydrogen (secondary N) is 1. The summed E-state index contributed by atoms with van der Waals surface area (Å²) in [6.45, 7) is 1.70. The molecule has 0 amide bonds. The minimum Gasteiger partial charge on any atom is -0.312 e. The van der Waals surface area contributed by atoms with Gasteiger partial charge in [0, 0.05) is 12.6 Å². The van der Waals surface area contributed by atoms with Crippen molar-refractivity contribution in [2.24, 2.45) is 0 Å². The molecular weight excluding hydrogens is 213 g/mol. The second kappa shape index (κ2) is 6.16. The molecule has 0 fully saturated rings. The summed E-state index contributed by atoms with van der Waals surface area (Å²) in [5.41, 5.74) is 2.27. The van der Waals surface area contributed by atoms with Crippen LogP contribution in [0.25, 0.3) is 0 Å². The predicted octanol–water partition coefficient (Wildman–Crippen LogP) is 2.96. The molecule has 0 saturated heterocycles. The van der Waals surface area contributed by atoms with Gasteiger partial charge < -0.3 is 5.32 Å². The fourth-order valence-corrected chi connectivity index (χ4v) is 1.70. The summed E-state index contributed by atoms with van der Waals surface area (Å²) >= 11 is 0. The van der Waals surface area contributed by atoms with Gasteiger partial charge in [-0.15, -0.1) is 0 Å². The largest absolute Gasteiger partial charge is 0.312 e. The Balaban J connectivity index is 1.73. The molecule has 2 heteroatoms. The zero-order chi connectivity index (χ0) is 11.9.